The summed E-state index contributed by atoms with van der Waals surface area (Å²) in [5, 5.41) is 7.73. The lowest BCUT2D eigenvalue weighted by atomic mass is 10.0. The van der Waals surface area contributed by atoms with Crippen LogP contribution in [-0.2, 0) is 9.59 Å². The molecule has 1 aromatic rings. The molecule has 0 bridgehead atoms. The third-order valence-corrected chi connectivity index (χ3v) is 6.36. The second kappa shape index (κ2) is 11.5. The van der Waals surface area contributed by atoms with Gasteiger partial charge in [-0.2, -0.15) is 0 Å². The number of amides is 2. The highest BCUT2D eigenvalue weighted by Gasteiger charge is 2.31. The Morgan fingerprint density at radius 1 is 1.18 bits per heavy atom. The number of nitrogens with zero attached hydrogens (tertiary/aromatic N) is 3. The smallest absolute Gasteiger partial charge is 0.309 e. The van der Waals surface area contributed by atoms with Gasteiger partial charge in [0.15, 0.2) is 0 Å². The van der Waals surface area contributed by atoms with Gasteiger partial charge in [0.2, 0.25) is 0 Å². The standard InChI is InChI=1S/C20H35N5O2S/c1-5-24(6-2)10-9-21-19(26)20(27)22-16(3)18(17-8-7-15-28-17)25-13-11-23(4)12-14-25/h7-8,15-16,18H,5-6,9-14H2,1-4H3,(H,21,26)(H,22,27)/t16-,18-/m0/s1. The van der Waals surface area contributed by atoms with Crippen LogP contribution < -0.4 is 10.6 Å². The van der Waals surface area contributed by atoms with Gasteiger partial charge in [-0.15, -0.1) is 11.3 Å². The Hall–Kier alpha value is -1.48. The van der Waals surface area contributed by atoms with Crippen molar-refractivity contribution < 1.29 is 9.59 Å². The van der Waals surface area contributed by atoms with Crippen molar-refractivity contribution in [2.75, 3.05) is 59.4 Å². The van der Waals surface area contributed by atoms with Crippen molar-refractivity contribution in [3.8, 4) is 0 Å². The maximum Gasteiger partial charge on any atom is 0.309 e. The van der Waals surface area contributed by atoms with Crippen molar-refractivity contribution in [3.05, 3.63) is 22.4 Å². The zero-order valence-electron chi connectivity index (χ0n) is 17.6. The molecule has 7 nitrogen and oxygen atoms in total. The Labute approximate surface area is 173 Å². The molecule has 0 aliphatic carbocycles. The molecule has 0 radical (unpaired) electrons. The topological polar surface area (TPSA) is 67.9 Å². The second-order valence-electron chi connectivity index (χ2n) is 7.34. The SMILES string of the molecule is CCN(CC)CCNC(=O)C(=O)N[C@@H](C)[C@@H](c1cccs1)N1CCN(C)CC1. The molecule has 1 aromatic heterocycles. The van der Waals surface area contributed by atoms with E-state index in [0.29, 0.717) is 6.54 Å². The number of hydrogen-bond donors (Lipinski definition) is 2. The third-order valence-electron chi connectivity index (χ3n) is 5.41. The molecule has 2 amide bonds. The highest BCUT2D eigenvalue weighted by atomic mass is 32.1. The molecule has 2 heterocycles. The van der Waals surface area contributed by atoms with Crippen LogP contribution in [0.5, 0.6) is 0 Å². The molecular formula is C20H35N5O2S. The number of thiophene rings is 1. The van der Waals surface area contributed by atoms with Gasteiger partial charge in [-0.3, -0.25) is 14.5 Å². The van der Waals surface area contributed by atoms with Crippen molar-refractivity contribution in [3.63, 3.8) is 0 Å². The lowest BCUT2D eigenvalue weighted by Crippen LogP contribution is -2.53. The van der Waals surface area contributed by atoms with Gasteiger partial charge in [0.25, 0.3) is 0 Å². The minimum Gasteiger partial charge on any atom is -0.347 e. The first kappa shape index (κ1) is 22.8. The van der Waals surface area contributed by atoms with Crippen LogP contribution in [0, 0.1) is 0 Å². The van der Waals surface area contributed by atoms with Crippen LogP contribution in [-0.4, -0.2) is 92.0 Å². The van der Waals surface area contributed by atoms with Crippen molar-refractivity contribution in [2.45, 2.75) is 32.9 Å². The van der Waals surface area contributed by atoms with E-state index in [1.807, 2.05) is 13.0 Å². The molecule has 2 rings (SSSR count). The van der Waals surface area contributed by atoms with Gasteiger partial charge >= 0.3 is 11.8 Å². The average molecular weight is 410 g/mol. The molecule has 0 aromatic carbocycles. The van der Waals surface area contributed by atoms with Gasteiger partial charge in [0.1, 0.15) is 0 Å². The molecule has 1 saturated heterocycles. The van der Waals surface area contributed by atoms with Crippen LogP contribution in [0.15, 0.2) is 17.5 Å². The van der Waals surface area contributed by atoms with E-state index in [1.165, 1.54) is 4.88 Å². The van der Waals surface area contributed by atoms with E-state index in [1.54, 1.807) is 11.3 Å². The molecular weight excluding hydrogens is 374 g/mol. The fourth-order valence-electron chi connectivity index (χ4n) is 3.60. The van der Waals surface area contributed by atoms with E-state index in [9.17, 15) is 9.59 Å². The van der Waals surface area contributed by atoms with E-state index in [4.69, 9.17) is 0 Å². The van der Waals surface area contributed by atoms with E-state index in [-0.39, 0.29) is 12.1 Å². The van der Waals surface area contributed by atoms with E-state index >= 15 is 0 Å². The zero-order valence-corrected chi connectivity index (χ0v) is 18.4. The summed E-state index contributed by atoms with van der Waals surface area (Å²) < 4.78 is 0. The highest BCUT2D eigenvalue weighted by molar-refractivity contribution is 7.10. The van der Waals surface area contributed by atoms with Crippen molar-refractivity contribution in [2.24, 2.45) is 0 Å². The largest absolute Gasteiger partial charge is 0.347 e. The second-order valence-corrected chi connectivity index (χ2v) is 8.32. The molecule has 1 aliphatic heterocycles. The van der Waals surface area contributed by atoms with Gasteiger partial charge in [-0.05, 0) is 38.5 Å². The summed E-state index contributed by atoms with van der Waals surface area (Å²) in [5.74, 6) is -1.11. The maximum absolute atomic E-state index is 12.4. The summed E-state index contributed by atoms with van der Waals surface area (Å²) in [4.78, 5) is 32.8. The lowest BCUT2D eigenvalue weighted by Gasteiger charge is -2.40. The molecule has 8 heteroatoms. The summed E-state index contributed by atoms with van der Waals surface area (Å²) in [5.41, 5.74) is 0. The summed E-state index contributed by atoms with van der Waals surface area (Å²) in [6.07, 6.45) is 0. The van der Waals surface area contributed by atoms with Crippen molar-refractivity contribution in [1.29, 1.82) is 0 Å². The van der Waals surface area contributed by atoms with Crippen LogP contribution in [0.2, 0.25) is 0 Å². The quantitative estimate of drug-likeness (QED) is 0.596. The first-order chi connectivity index (χ1) is 13.5. The predicted molar refractivity (Wildman–Crippen MR) is 115 cm³/mol. The molecule has 158 valence electrons. The maximum atomic E-state index is 12.4. The molecule has 28 heavy (non-hydrogen) atoms. The van der Waals surface area contributed by atoms with Gasteiger partial charge in [0, 0.05) is 50.2 Å². The molecule has 1 aliphatic rings. The minimum absolute atomic E-state index is 0.0844. The number of hydrogen-bond acceptors (Lipinski definition) is 6. The normalized spacial score (nSPS) is 18.0. The van der Waals surface area contributed by atoms with E-state index < -0.39 is 11.8 Å². The van der Waals surface area contributed by atoms with Crippen LogP contribution in [0.3, 0.4) is 0 Å². The lowest BCUT2D eigenvalue weighted by molar-refractivity contribution is -0.139. The van der Waals surface area contributed by atoms with Gasteiger partial charge in [-0.25, -0.2) is 0 Å². The zero-order chi connectivity index (χ0) is 20.5. The van der Waals surface area contributed by atoms with E-state index in [0.717, 1.165) is 45.8 Å². The predicted octanol–water partition coefficient (Wildman–Crippen LogP) is 0.999. The highest BCUT2D eigenvalue weighted by Crippen LogP contribution is 2.29. The number of carbonyl (C=O) groups is 2. The van der Waals surface area contributed by atoms with Crippen molar-refractivity contribution >= 4 is 23.2 Å². The Balaban J connectivity index is 1.92. The van der Waals surface area contributed by atoms with Crippen LogP contribution >= 0.6 is 11.3 Å². The van der Waals surface area contributed by atoms with Crippen LogP contribution in [0.1, 0.15) is 31.7 Å². The number of likely N-dealkylation sites (N-methyl/N-ethyl adjacent to an activating group) is 2. The first-order valence-electron chi connectivity index (χ1n) is 10.2. The summed E-state index contributed by atoms with van der Waals surface area (Å²) >= 11 is 1.70. The summed E-state index contributed by atoms with van der Waals surface area (Å²) in [6.45, 7) is 13.2. The fourth-order valence-corrected chi connectivity index (χ4v) is 4.57. The molecule has 0 spiro atoms. The Morgan fingerprint density at radius 3 is 2.43 bits per heavy atom. The van der Waals surface area contributed by atoms with Crippen LogP contribution in [0.4, 0.5) is 0 Å². The minimum atomic E-state index is -0.553. The molecule has 1 fully saturated rings. The molecule has 0 unspecified atom stereocenters. The Bertz CT molecular complexity index is 598. The first-order valence-corrected chi connectivity index (χ1v) is 11.1. The number of rotatable bonds is 9. The third kappa shape index (κ3) is 6.55. The monoisotopic (exact) mass is 409 g/mol. The Kier molecular flexibility index (Phi) is 9.37. The van der Waals surface area contributed by atoms with Crippen LogP contribution in [0.25, 0.3) is 0 Å². The average Bonchev–Trinajstić information content (AvgIpc) is 3.21. The molecule has 2 N–H and O–H groups in total. The Morgan fingerprint density at radius 2 is 1.86 bits per heavy atom. The van der Waals surface area contributed by atoms with Gasteiger partial charge < -0.3 is 20.4 Å². The van der Waals surface area contributed by atoms with Crippen molar-refractivity contribution in [1.82, 2.24) is 25.3 Å². The fraction of sp³-hybridized carbons (Fsp3) is 0.700. The summed E-state index contributed by atoms with van der Waals surface area (Å²) in [6, 6.07) is 4.09. The number of nitrogens with one attached hydrogen (secondary N) is 2. The molecule has 2 atom stereocenters. The van der Waals surface area contributed by atoms with E-state index in [2.05, 4.69) is 57.7 Å². The van der Waals surface area contributed by atoms with Gasteiger partial charge in [0.05, 0.1) is 6.04 Å². The number of piperazine rings is 1. The van der Waals surface area contributed by atoms with Gasteiger partial charge in [-0.1, -0.05) is 19.9 Å². The summed E-state index contributed by atoms with van der Waals surface area (Å²) in [7, 11) is 2.13. The molecule has 0 saturated carbocycles. The number of carbonyl (C=O) groups excluding carboxylic acids is 2.